The summed E-state index contributed by atoms with van der Waals surface area (Å²) in [6.07, 6.45) is 1.09. The smallest absolute Gasteiger partial charge is 0.337 e. The number of nitrogens with one attached hydrogen (secondary N) is 1. The fourth-order valence-corrected chi connectivity index (χ4v) is 3.89. The highest BCUT2D eigenvalue weighted by Crippen LogP contribution is 2.28. The van der Waals surface area contributed by atoms with Gasteiger partial charge in [0.15, 0.2) is 0 Å². The highest BCUT2D eigenvalue weighted by Gasteiger charge is 2.31. The number of carbonyl (C=O) groups excluding carboxylic acids is 2. The fraction of sp³-hybridized carbons (Fsp3) is 0.154. The Kier molecular flexibility index (Phi) is 5.39. The number of rotatable bonds is 5. The summed E-state index contributed by atoms with van der Waals surface area (Å²) in [6.45, 7) is -0.436. The lowest BCUT2D eigenvalue weighted by Crippen LogP contribution is -2.34. The molecule has 7 nitrogen and oxygen atoms in total. The minimum absolute atomic E-state index is 0.0121. The molecule has 0 aromatic heterocycles. The second-order valence-corrected chi connectivity index (χ2v) is 6.72. The molecule has 1 heterocycles. The van der Waals surface area contributed by atoms with E-state index in [4.69, 9.17) is 5.11 Å². The summed E-state index contributed by atoms with van der Waals surface area (Å²) in [4.78, 5) is 36.0. The number of amides is 2. The van der Waals surface area contributed by atoms with Crippen molar-refractivity contribution < 1.29 is 24.6 Å². The van der Waals surface area contributed by atoms with Gasteiger partial charge >= 0.3 is 5.97 Å². The van der Waals surface area contributed by atoms with E-state index in [1.54, 1.807) is 6.07 Å². The van der Waals surface area contributed by atoms with Gasteiger partial charge in [0.25, 0.3) is 11.8 Å². The Morgan fingerprint density at radius 1 is 1.27 bits per heavy atom. The average molecular weight is 528 g/mol. The highest BCUT2D eigenvalue weighted by molar-refractivity contribution is 14.1. The number of benzene rings is 1. The van der Waals surface area contributed by atoms with Crippen molar-refractivity contribution in [3.8, 4) is 0 Å². The van der Waals surface area contributed by atoms with E-state index in [0.717, 1.165) is 14.5 Å². The van der Waals surface area contributed by atoms with Gasteiger partial charge in [-0.3, -0.25) is 14.5 Å². The Hall–Kier alpha value is -1.21. The number of hydrogen-bond acceptors (Lipinski definition) is 5. The summed E-state index contributed by atoms with van der Waals surface area (Å²) in [5, 5.41) is 20.9. The number of aromatic carboxylic acids is 1. The highest BCUT2D eigenvalue weighted by atomic mass is 127. The fourth-order valence-electron chi connectivity index (χ4n) is 1.91. The molecule has 1 aliphatic heterocycles. The van der Waals surface area contributed by atoms with Crippen molar-refractivity contribution in [3.63, 3.8) is 0 Å². The lowest BCUT2D eigenvalue weighted by molar-refractivity contribution is -0.137. The number of carboxylic acids is 1. The molecule has 3 N–H and O–H groups in total. The summed E-state index contributed by atoms with van der Waals surface area (Å²) in [7, 11) is 0. The molecule has 116 valence electrons. The van der Waals surface area contributed by atoms with Crippen LogP contribution in [0.4, 0.5) is 5.69 Å². The van der Waals surface area contributed by atoms with E-state index in [-0.39, 0.29) is 30.1 Å². The van der Waals surface area contributed by atoms with E-state index >= 15 is 0 Å². The van der Waals surface area contributed by atoms with Gasteiger partial charge in [0.2, 0.25) is 0 Å². The Balaban J connectivity index is 2.36. The second-order valence-electron chi connectivity index (χ2n) is 4.32. The Bertz CT molecular complexity index is 702. The zero-order valence-corrected chi connectivity index (χ0v) is 15.3. The third-order valence-corrected chi connectivity index (χ3v) is 4.35. The summed E-state index contributed by atoms with van der Waals surface area (Å²) in [5.41, 5.74) is 0.255. The van der Waals surface area contributed by atoms with Gasteiger partial charge in [0.05, 0.1) is 24.4 Å². The van der Waals surface area contributed by atoms with Crippen LogP contribution >= 0.6 is 45.2 Å². The number of β-amino-alcohol motifs (C(OH)–C–C–N with tert-alkyl or cyclic N) is 1. The normalized spacial score (nSPS) is 14.3. The van der Waals surface area contributed by atoms with Crippen molar-refractivity contribution in [3.05, 3.63) is 36.6 Å². The monoisotopic (exact) mass is 528 g/mol. The van der Waals surface area contributed by atoms with Crippen LogP contribution in [-0.4, -0.2) is 46.0 Å². The van der Waals surface area contributed by atoms with Crippen LogP contribution in [0.15, 0.2) is 23.9 Å². The van der Waals surface area contributed by atoms with Crippen LogP contribution in [0.2, 0.25) is 0 Å². The van der Waals surface area contributed by atoms with Crippen LogP contribution in [0.25, 0.3) is 0 Å². The number of imide groups is 1. The molecule has 0 fully saturated rings. The van der Waals surface area contributed by atoms with Gasteiger partial charge in [-0.1, -0.05) is 0 Å². The molecule has 22 heavy (non-hydrogen) atoms. The van der Waals surface area contributed by atoms with E-state index in [9.17, 15) is 19.5 Å². The number of aliphatic hydroxyl groups excluding tert-OH is 1. The molecule has 0 spiro atoms. The number of carbonyl (C=O) groups is 3. The quantitative estimate of drug-likeness (QED) is 0.393. The van der Waals surface area contributed by atoms with Gasteiger partial charge in [-0.05, 0) is 57.3 Å². The lowest BCUT2D eigenvalue weighted by atomic mass is 10.1. The SMILES string of the molecule is O=C(O)c1cc(I)cc(I)c1NC1=CC(=O)N(CCO)C1=O. The van der Waals surface area contributed by atoms with Gasteiger partial charge in [-0.2, -0.15) is 0 Å². The van der Waals surface area contributed by atoms with Crippen molar-refractivity contribution in [2.75, 3.05) is 18.5 Å². The van der Waals surface area contributed by atoms with Gasteiger partial charge in [-0.15, -0.1) is 0 Å². The molecular weight excluding hydrogens is 518 g/mol. The van der Waals surface area contributed by atoms with E-state index in [1.807, 2.05) is 45.2 Å². The van der Waals surface area contributed by atoms with Crippen molar-refractivity contribution >= 4 is 68.7 Å². The molecule has 0 saturated heterocycles. The number of nitrogens with zero attached hydrogens (tertiary/aromatic N) is 1. The molecule has 9 heteroatoms. The summed E-state index contributed by atoms with van der Waals surface area (Å²) >= 11 is 3.96. The van der Waals surface area contributed by atoms with Crippen LogP contribution in [0, 0.1) is 7.14 Å². The molecule has 2 amide bonds. The van der Waals surface area contributed by atoms with Crippen LogP contribution in [0.5, 0.6) is 0 Å². The Morgan fingerprint density at radius 2 is 1.95 bits per heavy atom. The standard InChI is InChI=1S/C13H10I2N2O5/c14-6-3-7(13(21)22)11(8(15)4-6)16-9-5-10(19)17(1-2-18)12(9)20/h3-5,16,18H,1-2H2,(H,21,22). The predicted octanol–water partition coefficient (Wildman–Crippen LogP) is 1.25. The Labute approximate surface area is 152 Å². The van der Waals surface area contributed by atoms with Crippen molar-refractivity contribution in [1.29, 1.82) is 0 Å². The van der Waals surface area contributed by atoms with Crippen molar-refractivity contribution in [2.24, 2.45) is 0 Å². The topological polar surface area (TPSA) is 107 Å². The van der Waals surface area contributed by atoms with Gasteiger partial charge in [-0.25, -0.2) is 4.79 Å². The van der Waals surface area contributed by atoms with E-state index in [1.165, 1.54) is 6.07 Å². The molecule has 0 unspecified atom stereocenters. The first-order valence-electron chi connectivity index (χ1n) is 6.03. The van der Waals surface area contributed by atoms with Crippen LogP contribution in [0.1, 0.15) is 10.4 Å². The molecule has 0 atom stereocenters. The molecule has 0 saturated carbocycles. The second kappa shape index (κ2) is 6.91. The lowest BCUT2D eigenvalue weighted by Gasteiger charge is -2.15. The molecule has 1 aromatic rings. The summed E-state index contributed by atoms with van der Waals surface area (Å²) in [6, 6.07) is 3.23. The number of anilines is 1. The molecule has 1 aromatic carbocycles. The van der Waals surface area contributed by atoms with Gasteiger partial charge in [0, 0.05) is 13.2 Å². The maximum Gasteiger partial charge on any atom is 0.337 e. The number of carboxylic acid groups (broad SMARTS) is 1. The summed E-state index contributed by atoms with van der Waals surface area (Å²) in [5.74, 6) is -2.27. The van der Waals surface area contributed by atoms with Crippen molar-refractivity contribution in [2.45, 2.75) is 0 Å². The van der Waals surface area contributed by atoms with Gasteiger partial charge in [0.1, 0.15) is 5.70 Å². The van der Waals surface area contributed by atoms with Crippen LogP contribution < -0.4 is 5.32 Å². The zero-order chi connectivity index (χ0) is 16.4. The third kappa shape index (κ3) is 3.41. The first-order chi connectivity index (χ1) is 10.3. The largest absolute Gasteiger partial charge is 0.478 e. The van der Waals surface area contributed by atoms with Gasteiger partial charge < -0.3 is 15.5 Å². The maximum atomic E-state index is 12.1. The molecular formula is C13H10I2N2O5. The van der Waals surface area contributed by atoms with E-state index in [0.29, 0.717) is 3.57 Å². The first-order valence-corrected chi connectivity index (χ1v) is 8.18. The minimum atomic E-state index is -1.14. The number of aliphatic hydroxyl groups is 1. The molecule has 0 bridgehead atoms. The molecule has 1 aliphatic rings. The maximum absolute atomic E-state index is 12.1. The first kappa shape index (κ1) is 17.1. The predicted molar refractivity (Wildman–Crippen MR) is 94.3 cm³/mol. The average Bonchev–Trinajstić information content (AvgIpc) is 2.69. The van der Waals surface area contributed by atoms with E-state index in [2.05, 4.69) is 5.32 Å². The molecule has 0 radical (unpaired) electrons. The van der Waals surface area contributed by atoms with Crippen LogP contribution in [-0.2, 0) is 9.59 Å². The number of halogens is 2. The zero-order valence-electron chi connectivity index (χ0n) is 11.0. The van der Waals surface area contributed by atoms with Crippen LogP contribution in [0.3, 0.4) is 0 Å². The minimum Gasteiger partial charge on any atom is -0.478 e. The summed E-state index contributed by atoms with van der Waals surface area (Å²) < 4.78 is 1.36. The molecule has 2 rings (SSSR count). The number of hydrogen-bond donors (Lipinski definition) is 3. The Morgan fingerprint density at radius 3 is 2.55 bits per heavy atom. The van der Waals surface area contributed by atoms with E-state index < -0.39 is 17.8 Å². The molecule has 0 aliphatic carbocycles. The van der Waals surface area contributed by atoms with Crippen molar-refractivity contribution in [1.82, 2.24) is 4.90 Å². The third-order valence-electron chi connectivity index (χ3n) is 2.88.